The smallest absolute Gasteiger partial charge is 0.107 e. The van der Waals surface area contributed by atoms with Gasteiger partial charge >= 0.3 is 0 Å². The summed E-state index contributed by atoms with van der Waals surface area (Å²) in [6, 6.07) is 0. The summed E-state index contributed by atoms with van der Waals surface area (Å²) >= 11 is 3.54. The molecule has 18 heavy (non-hydrogen) atoms. The van der Waals surface area contributed by atoms with Gasteiger partial charge in [-0.25, -0.2) is 0 Å². The molecule has 0 bridgehead atoms. The van der Waals surface area contributed by atoms with Crippen molar-refractivity contribution in [2.24, 2.45) is 0 Å². The molecule has 2 heterocycles. The van der Waals surface area contributed by atoms with E-state index in [1.807, 2.05) is 0 Å². The van der Waals surface area contributed by atoms with Crippen LogP contribution in [-0.4, -0.2) is 62.4 Å². The summed E-state index contributed by atoms with van der Waals surface area (Å²) in [7, 11) is 0. The van der Waals surface area contributed by atoms with E-state index in [0.717, 1.165) is 30.8 Å². The van der Waals surface area contributed by atoms with Gasteiger partial charge < -0.3 is 20.1 Å². The predicted octanol–water partition coefficient (Wildman–Crippen LogP) is 0.836. The van der Waals surface area contributed by atoms with E-state index in [1.54, 1.807) is 23.5 Å². The minimum atomic E-state index is -0.735. The molecule has 106 valence electrons. The van der Waals surface area contributed by atoms with E-state index >= 15 is 0 Å². The highest BCUT2D eigenvalue weighted by molar-refractivity contribution is 8.18. The van der Waals surface area contributed by atoms with Gasteiger partial charge in [-0.2, -0.15) is 0 Å². The standard InChI is InChI=1S/C12H22O4S2/c13-8-9(14)7-12(17-5-2-6-18-12)11-10(15)3-1-4-16-11/h9-11,13-15H,1-8H2/t9-,10+,11+/m0/s1. The summed E-state index contributed by atoms with van der Waals surface area (Å²) in [5.41, 5.74) is 0. The highest BCUT2D eigenvalue weighted by Crippen LogP contribution is 2.50. The van der Waals surface area contributed by atoms with Gasteiger partial charge in [-0.05, 0) is 30.8 Å². The van der Waals surface area contributed by atoms with Crippen LogP contribution in [0.1, 0.15) is 25.7 Å². The zero-order valence-corrected chi connectivity index (χ0v) is 12.1. The molecule has 2 aliphatic heterocycles. The van der Waals surface area contributed by atoms with Gasteiger partial charge in [-0.15, -0.1) is 23.5 Å². The summed E-state index contributed by atoms with van der Waals surface area (Å²) in [5.74, 6) is 2.05. The third-order valence-electron chi connectivity index (χ3n) is 3.44. The molecule has 0 spiro atoms. The van der Waals surface area contributed by atoms with E-state index in [-0.39, 0.29) is 16.8 Å². The number of hydrogen-bond acceptors (Lipinski definition) is 6. The molecule has 3 N–H and O–H groups in total. The number of rotatable bonds is 4. The number of aliphatic hydroxyl groups excluding tert-OH is 3. The van der Waals surface area contributed by atoms with Gasteiger partial charge in [0.1, 0.15) is 6.10 Å². The summed E-state index contributed by atoms with van der Waals surface area (Å²) in [5, 5.41) is 29.0. The van der Waals surface area contributed by atoms with Crippen molar-refractivity contribution in [1.82, 2.24) is 0 Å². The lowest BCUT2D eigenvalue weighted by molar-refractivity contribution is -0.0840. The van der Waals surface area contributed by atoms with E-state index in [1.165, 1.54) is 0 Å². The first-order valence-corrected chi connectivity index (χ1v) is 8.51. The molecule has 0 aromatic rings. The Balaban J connectivity index is 2.11. The summed E-state index contributed by atoms with van der Waals surface area (Å²) in [4.78, 5) is 0. The van der Waals surface area contributed by atoms with Gasteiger partial charge in [0.25, 0.3) is 0 Å². The fraction of sp³-hybridized carbons (Fsp3) is 1.00. The molecular formula is C12H22O4S2. The summed E-state index contributed by atoms with van der Waals surface area (Å²) in [6.45, 7) is 0.450. The van der Waals surface area contributed by atoms with E-state index in [0.29, 0.717) is 13.0 Å². The molecule has 6 heteroatoms. The molecule has 2 aliphatic rings. The van der Waals surface area contributed by atoms with E-state index in [9.17, 15) is 10.2 Å². The Morgan fingerprint density at radius 1 is 1.28 bits per heavy atom. The van der Waals surface area contributed by atoms with E-state index in [4.69, 9.17) is 9.84 Å². The Labute approximate surface area is 116 Å². The summed E-state index contributed by atoms with van der Waals surface area (Å²) < 4.78 is 5.49. The average Bonchev–Trinajstić information content (AvgIpc) is 2.40. The Morgan fingerprint density at radius 2 is 2.00 bits per heavy atom. The molecule has 4 nitrogen and oxygen atoms in total. The van der Waals surface area contributed by atoms with Gasteiger partial charge in [0.05, 0.1) is 22.9 Å². The lowest BCUT2D eigenvalue weighted by Crippen LogP contribution is -2.51. The molecule has 2 rings (SSSR count). The maximum atomic E-state index is 10.2. The molecular weight excluding hydrogens is 272 g/mol. The minimum absolute atomic E-state index is 0.230. The molecule has 0 aliphatic carbocycles. The fourth-order valence-corrected chi connectivity index (χ4v) is 6.25. The first kappa shape index (κ1) is 14.9. The lowest BCUT2D eigenvalue weighted by Gasteiger charge is -2.46. The van der Waals surface area contributed by atoms with Gasteiger partial charge in [0, 0.05) is 13.0 Å². The van der Waals surface area contributed by atoms with Crippen molar-refractivity contribution >= 4 is 23.5 Å². The molecule has 0 saturated carbocycles. The number of thioether (sulfide) groups is 2. The van der Waals surface area contributed by atoms with Crippen LogP contribution in [-0.2, 0) is 4.74 Å². The Morgan fingerprint density at radius 3 is 2.61 bits per heavy atom. The number of ether oxygens (including phenoxy) is 1. The van der Waals surface area contributed by atoms with Crippen LogP contribution in [0.4, 0.5) is 0 Å². The van der Waals surface area contributed by atoms with Crippen LogP contribution < -0.4 is 0 Å². The van der Waals surface area contributed by atoms with Gasteiger partial charge in [-0.3, -0.25) is 0 Å². The molecule has 2 saturated heterocycles. The van der Waals surface area contributed by atoms with Crippen LogP contribution in [0.2, 0.25) is 0 Å². The lowest BCUT2D eigenvalue weighted by atomic mass is 9.98. The van der Waals surface area contributed by atoms with Crippen molar-refractivity contribution in [3.05, 3.63) is 0 Å². The molecule has 2 fully saturated rings. The molecule has 3 atom stereocenters. The van der Waals surface area contributed by atoms with Gasteiger partial charge in [0.15, 0.2) is 0 Å². The summed E-state index contributed by atoms with van der Waals surface area (Å²) in [6.07, 6.45) is 1.86. The van der Waals surface area contributed by atoms with E-state index in [2.05, 4.69) is 0 Å². The van der Waals surface area contributed by atoms with Crippen molar-refractivity contribution < 1.29 is 20.1 Å². The fourth-order valence-electron chi connectivity index (χ4n) is 2.57. The number of aliphatic hydroxyl groups is 3. The van der Waals surface area contributed by atoms with Crippen molar-refractivity contribution in [3.8, 4) is 0 Å². The molecule has 0 amide bonds. The van der Waals surface area contributed by atoms with Gasteiger partial charge in [-0.1, -0.05) is 0 Å². The quantitative estimate of drug-likeness (QED) is 0.714. The average molecular weight is 294 g/mol. The van der Waals surface area contributed by atoms with Crippen LogP contribution in [0, 0.1) is 0 Å². The SMILES string of the molecule is OC[C@@H](O)CC1([C@@H]2OCCC[C@H]2O)SCCCS1. The Hall–Kier alpha value is 0.540. The van der Waals surface area contributed by atoms with Crippen molar-refractivity contribution in [2.75, 3.05) is 24.7 Å². The van der Waals surface area contributed by atoms with Crippen molar-refractivity contribution in [1.29, 1.82) is 0 Å². The van der Waals surface area contributed by atoms with E-state index < -0.39 is 12.2 Å². The first-order chi connectivity index (χ1) is 8.68. The van der Waals surface area contributed by atoms with Crippen LogP contribution in [0.25, 0.3) is 0 Å². The monoisotopic (exact) mass is 294 g/mol. The van der Waals surface area contributed by atoms with Gasteiger partial charge in [0.2, 0.25) is 0 Å². The predicted molar refractivity (Wildman–Crippen MR) is 75.0 cm³/mol. The molecule has 0 radical (unpaired) electrons. The highest BCUT2D eigenvalue weighted by Gasteiger charge is 2.47. The third-order valence-corrected chi connectivity index (χ3v) is 6.90. The zero-order chi connectivity index (χ0) is 13.0. The third kappa shape index (κ3) is 3.35. The van der Waals surface area contributed by atoms with Crippen LogP contribution in [0.15, 0.2) is 0 Å². The largest absolute Gasteiger partial charge is 0.394 e. The highest BCUT2D eigenvalue weighted by atomic mass is 32.2. The molecule has 0 aromatic carbocycles. The normalized spacial score (nSPS) is 34.2. The van der Waals surface area contributed by atoms with Crippen LogP contribution in [0.5, 0.6) is 0 Å². The van der Waals surface area contributed by atoms with Crippen LogP contribution >= 0.6 is 23.5 Å². The minimum Gasteiger partial charge on any atom is -0.394 e. The maximum Gasteiger partial charge on any atom is 0.107 e. The number of hydrogen-bond donors (Lipinski definition) is 3. The second kappa shape index (κ2) is 6.81. The topological polar surface area (TPSA) is 69.9 Å². The second-order valence-corrected chi connectivity index (χ2v) is 8.01. The van der Waals surface area contributed by atoms with Crippen molar-refractivity contribution in [2.45, 2.75) is 48.1 Å². The Bertz CT molecular complexity index is 258. The second-order valence-electron chi connectivity index (χ2n) is 4.90. The first-order valence-electron chi connectivity index (χ1n) is 6.54. The zero-order valence-electron chi connectivity index (χ0n) is 10.5. The molecule has 0 unspecified atom stereocenters. The Kier molecular flexibility index (Phi) is 5.65. The maximum absolute atomic E-state index is 10.2. The van der Waals surface area contributed by atoms with Crippen LogP contribution in [0.3, 0.4) is 0 Å². The molecule has 0 aromatic heterocycles. The van der Waals surface area contributed by atoms with Crippen molar-refractivity contribution in [3.63, 3.8) is 0 Å².